The van der Waals surface area contributed by atoms with Gasteiger partial charge in [0.15, 0.2) is 11.5 Å². The van der Waals surface area contributed by atoms with E-state index in [1.54, 1.807) is 34.1 Å². The zero-order chi connectivity index (χ0) is 22.5. The van der Waals surface area contributed by atoms with Crippen LogP contribution in [0, 0.1) is 0 Å². The maximum absolute atomic E-state index is 13.1. The molecule has 162 valence electrons. The van der Waals surface area contributed by atoms with Crippen molar-refractivity contribution in [2.45, 2.75) is 9.79 Å². The molecule has 1 saturated heterocycles. The summed E-state index contributed by atoms with van der Waals surface area (Å²) in [5.41, 5.74) is 0.385. The molecule has 0 saturated carbocycles. The van der Waals surface area contributed by atoms with Gasteiger partial charge in [-0.15, -0.1) is 0 Å². The molecule has 3 heterocycles. The second-order valence-corrected chi connectivity index (χ2v) is 9.49. The van der Waals surface area contributed by atoms with Gasteiger partial charge in [-0.3, -0.25) is 14.4 Å². The van der Waals surface area contributed by atoms with E-state index in [1.807, 2.05) is 0 Å². The Bertz CT molecular complexity index is 1350. The third-order valence-corrected chi connectivity index (χ3v) is 7.62. The largest absolute Gasteiger partial charge is 0.459 e. The standard InChI is InChI=1S/C23H18N2O6S/c26-21-16-4-1-2-6-19(16)32(29,30)20-14-15(7-8-17(20)21)22(27)24-9-11-25(12-10-24)23(28)18-5-3-13-31-18/h1-8,13-14H,9-12H2. The first-order valence-electron chi connectivity index (χ1n) is 10.0. The van der Waals surface area contributed by atoms with Crippen molar-refractivity contribution in [1.82, 2.24) is 9.80 Å². The summed E-state index contributed by atoms with van der Waals surface area (Å²) in [5, 5.41) is 0. The van der Waals surface area contributed by atoms with Crippen LogP contribution in [-0.2, 0) is 9.84 Å². The lowest BCUT2D eigenvalue weighted by molar-refractivity contribution is 0.0518. The number of amides is 2. The van der Waals surface area contributed by atoms with E-state index in [1.165, 1.54) is 36.6 Å². The van der Waals surface area contributed by atoms with Gasteiger partial charge in [-0.2, -0.15) is 0 Å². The summed E-state index contributed by atoms with van der Waals surface area (Å²) >= 11 is 0. The summed E-state index contributed by atoms with van der Waals surface area (Å²) in [6.45, 7) is 1.27. The fraction of sp³-hybridized carbons (Fsp3) is 0.174. The Kier molecular flexibility index (Phi) is 4.70. The molecule has 1 aromatic heterocycles. The topological polar surface area (TPSA) is 105 Å². The number of piperazine rings is 1. The molecule has 8 nitrogen and oxygen atoms in total. The van der Waals surface area contributed by atoms with E-state index < -0.39 is 9.84 Å². The summed E-state index contributed by atoms with van der Waals surface area (Å²) in [4.78, 5) is 41.2. The summed E-state index contributed by atoms with van der Waals surface area (Å²) in [5.74, 6) is -0.720. The van der Waals surface area contributed by atoms with Crippen LogP contribution in [-0.4, -0.2) is 62.0 Å². The van der Waals surface area contributed by atoms with Crippen LogP contribution in [0.25, 0.3) is 0 Å². The predicted molar refractivity (Wildman–Crippen MR) is 112 cm³/mol. The maximum atomic E-state index is 13.1. The quantitative estimate of drug-likeness (QED) is 0.464. The molecule has 3 aromatic rings. The lowest BCUT2D eigenvalue weighted by Gasteiger charge is -2.34. The Morgan fingerprint density at radius 2 is 1.44 bits per heavy atom. The molecule has 0 aliphatic carbocycles. The van der Waals surface area contributed by atoms with E-state index in [-0.39, 0.29) is 49.8 Å². The molecular formula is C23H18N2O6S. The van der Waals surface area contributed by atoms with Crippen LogP contribution in [0.1, 0.15) is 36.8 Å². The Morgan fingerprint density at radius 3 is 2.12 bits per heavy atom. The molecule has 0 bridgehead atoms. The van der Waals surface area contributed by atoms with Crippen molar-refractivity contribution in [1.29, 1.82) is 0 Å². The number of ketones is 1. The lowest BCUT2D eigenvalue weighted by Crippen LogP contribution is -2.50. The highest BCUT2D eigenvalue weighted by atomic mass is 32.2. The van der Waals surface area contributed by atoms with Crippen LogP contribution in [0.15, 0.2) is 75.1 Å². The first kappa shape index (κ1) is 20.2. The minimum Gasteiger partial charge on any atom is -0.459 e. The van der Waals surface area contributed by atoms with Crippen LogP contribution >= 0.6 is 0 Å². The van der Waals surface area contributed by atoms with E-state index >= 15 is 0 Å². The van der Waals surface area contributed by atoms with Crippen LogP contribution in [0.4, 0.5) is 0 Å². The van der Waals surface area contributed by atoms with Gasteiger partial charge in [0.05, 0.1) is 16.1 Å². The molecule has 0 radical (unpaired) electrons. The molecule has 2 aromatic carbocycles. The van der Waals surface area contributed by atoms with Gasteiger partial charge >= 0.3 is 0 Å². The third-order valence-electron chi connectivity index (χ3n) is 5.77. The van der Waals surface area contributed by atoms with Gasteiger partial charge in [0.25, 0.3) is 11.8 Å². The molecule has 0 atom stereocenters. The number of sulfone groups is 1. The maximum Gasteiger partial charge on any atom is 0.289 e. The van der Waals surface area contributed by atoms with Crippen LogP contribution in [0.5, 0.6) is 0 Å². The Hall–Kier alpha value is -3.72. The number of benzene rings is 2. The minimum atomic E-state index is -3.92. The first-order chi connectivity index (χ1) is 15.4. The van der Waals surface area contributed by atoms with Crippen molar-refractivity contribution in [3.63, 3.8) is 0 Å². The molecule has 32 heavy (non-hydrogen) atoms. The molecule has 0 unspecified atom stereocenters. The summed E-state index contributed by atoms with van der Waals surface area (Å²) < 4.78 is 31.3. The Balaban J connectivity index is 1.38. The molecule has 2 aliphatic heterocycles. The average molecular weight is 450 g/mol. The number of furan rings is 1. The molecule has 2 amide bonds. The van der Waals surface area contributed by atoms with Crippen molar-refractivity contribution < 1.29 is 27.2 Å². The fourth-order valence-electron chi connectivity index (χ4n) is 4.07. The average Bonchev–Trinajstić information content (AvgIpc) is 3.37. The second kappa shape index (κ2) is 7.45. The molecule has 0 N–H and O–H groups in total. The van der Waals surface area contributed by atoms with Gasteiger partial charge in [-0.05, 0) is 42.5 Å². The van der Waals surface area contributed by atoms with Crippen LogP contribution in [0.3, 0.4) is 0 Å². The number of carbonyl (C=O) groups excluding carboxylic acids is 3. The fourth-order valence-corrected chi connectivity index (χ4v) is 5.75. The molecule has 1 fully saturated rings. The lowest BCUT2D eigenvalue weighted by atomic mass is 10.0. The van der Waals surface area contributed by atoms with Crippen LogP contribution < -0.4 is 0 Å². The zero-order valence-corrected chi connectivity index (χ0v) is 17.7. The highest BCUT2D eigenvalue weighted by Crippen LogP contribution is 2.35. The van der Waals surface area contributed by atoms with E-state index in [0.29, 0.717) is 26.2 Å². The number of hydrogen-bond acceptors (Lipinski definition) is 6. The van der Waals surface area contributed by atoms with Crippen molar-refractivity contribution in [2.24, 2.45) is 0 Å². The normalized spacial score (nSPS) is 16.9. The van der Waals surface area contributed by atoms with E-state index in [2.05, 4.69) is 0 Å². The number of fused-ring (bicyclic) bond motifs is 2. The number of carbonyl (C=O) groups is 3. The zero-order valence-electron chi connectivity index (χ0n) is 16.9. The smallest absolute Gasteiger partial charge is 0.289 e. The predicted octanol–water partition coefficient (Wildman–Crippen LogP) is 2.26. The summed E-state index contributed by atoms with van der Waals surface area (Å²) in [7, 11) is -3.92. The SMILES string of the molecule is O=C1c2ccccc2S(=O)(=O)c2cc(C(=O)N3CCN(C(=O)c4ccco4)CC3)ccc21. The van der Waals surface area contributed by atoms with E-state index in [4.69, 9.17) is 4.42 Å². The molecule has 2 aliphatic rings. The first-order valence-corrected chi connectivity index (χ1v) is 11.5. The molecular weight excluding hydrogens is 432 g/mol. The van der Waals surface area contributed by atoms with Gasteiger partial charge in [0.2, 0.25) is 9.84 Å². The minimum absolute atomic E-state index is 0.0489. The number of rotatable bonds is 2. The van der Waals surface area contributed by atoms with Crippen molar-refractivity contribution in [3.8, 4) is 0 Å². The van der Waals surface area contributed by atoms with Crippen molar-refractivity contribution >= 4 is 27.4 Å². The Labute approximate surface area is 184 Å². The van der Waals surface area contributed by atoms with Crippen molar-refractivity contribution in [2.75, 3.05) is 26.2 Å². The highest BCUT2D eigenvalue weighted by Gasteiger charge is 2.35. The number of nitrogens with zero attached hydrogens (tertiary/aromatic N) is 2. The van der Waals surface area contributed by atoms with Gasteiger partial charge in [0.1, 0.15) is 0 Å². The second-order valence-electron chi connectivity index (χ2n) is 7.60. The van der Waals surface area contributed by atoms with Crippen molar-refractivity contribution in [3.05, 3.63) is 83.3 Å². The third kappa shape index (κ3) is 3.13. The van der Waals surface area contributed by atoms with E-state index in [0.717, 1.165) is 0 Å². The summed E-state index contributed by atoms with van der Waals surface area (Å²) in [6.07, 6.45) is 1.43. The van der Waals surface area contributed by atoms with Gasteiger partial charge < -0.3 is 14.2 Å². The van der Waals surface area contributed by atoms with Gasteiger partial charge in [0, 0.05) is 42.9 Å². The Morgan fingerprint density at radius 1 is 0.781 bits per heavy atom. The molecule has 0 spiro atoms. The highest BCUT2D eigenvalue weighted by molar-refractivity contribution is 7.91. The summed E-state index contributed by atoms with van der Waals surface area (Å²) in [6, 6.07) is 13.4. The van der Waals surface area contributed by atoms with Crippen LogP contribution in [0.2, 0.25) is 0 Å². The van der Waals surface area contributed by atoms with Gasteiger partial charge in [-0.25, -0.2) is 8.42 Å². The monoisotopic (exact) mass is 450 g/mol. The molecule has 9 heteroatoms. The number of hydrogen-bond donors (Lipinski definition) is 0. The van der Waals surface area contributed by atoms with Gasteiger partial charge in [-0.1, -0.05) is 12.1 Å². The van der Waals surface area contributed by atoms with E-state index in [9.17, 15) is 22.8 Å². The molecule has 5 rings (SSSR count).